The normalized spacial score (nSPS) is 17.2. The predicted molar refractivity (Wildman–Crippen MR) is 136 cm³/mol. The largest absolute Gasteiger partial charge is 0.454 e. The third-order valence-corrected chi connectivity index (χ3v) is 6.25. The minimum Gasteiger partial charge on any atom is -0.454 e. The SMILES string of the molecule is CC(C)(C)OC(=O)NC(Cc1ccccc1)C(O)CN(Cc1ccc2c(c1)OCO2)OC1CCCC1. The van der Waals surface area contributed by atoms with Gasteiger partial charge in [0.2, 0.25) is 6.79 Å². The van der Waals surface area contributed by atoms with Gasteiger partial charge in [0.25, 0.3) is 0 Å². The predicted octanol–water partition coefficient (Wildman–Crippen LogP) is 4.59. The van der Waals surface area contributed by atoms with Crippen LogP contribution in [0.1, 0.15) is 57.6 Å². The van der Waals surface area contributed by atoms with Crippen molar-refractivity contribution < 1.29 is 28.9 Å². The van der Waals surface area contributed by atoms with Crippen LogP contribution in [0.3, 0.4) is 0 Å². The molecule has 1 saturated carbocycles. The van der Waals surface area contributed by atoms with Crippen LogP contribution in [0.5, 0.6) is 11.5 Å². The molecule has 0 aromatic heterocycles. The molecular weight excluding hydrogens is 460 g/mol. The van der Waals surface area contributed by atoms with Crippen molar-refractivity contribution in [3.63, 3.8) is 0 Å². The van der Waals surface area contributed by atoms with Crippen LogP contribution in [-0.4, -0.2) is 53.5 Å². The van der Waals surface area contributed by atoms with Gasteiger partial charge in [0.05, 0.1) is 24.8 Å². The minimum atomic E-state index is -0.895. The highest BCUT2D eigenvalue weighted by atomic mass is 16.7. The second-order valence-corrected chi connectivity index (χ2v) is 10.5. The average molecular weight is 499 g/mol. The fourth-order valence-electron chi connectivity index (χ4n) is 4.54. The van der Waals surface area contributed by atoms with E-state index < -0.39 is 23.8 Å². The van der Waals surface area contributed by atoms with Crippen LogP contribution in [0.15, 0.2) is 48.5 Å². The maximum atomic E-state index is 12.6. The molecule has 1 aliphatic heterocycles. The molecule has 1 heterocycles. The van der Waals surface area contributed by atoms with Gasteiger partial charge in [0, 0.05) is 6.54 Å². The lowest BCUT2D eigenvalue weighted by Crippen LogP contribution is -2.50. The highest BCUT2D eigenvalue weighted by Crippen LogP contribution is 2.33. The topological polar surface area (TPSA) is 89.5 Å². The van der Waals surface area contributed by atoms with Gasteiger partial charge in [-0.3, -0.25) is 4.84 Å². The minimum absolute atomic E-state index is 0.123. The van der Waals surface area contributed by atoms with Crippen molar-refractivity contribution >= 4 is 6.09 Å². The number of carbonyl (C=O) groups excluding carboxylic acids is 1. The van der Waals surface area contributed by atoms with Gasteiger partial charge in [-0.1, -0.05) is 49.2 Å². The summed E-state index contributed by atoms with van der Waals surface area (Å²) in [4.78, 5) is 19.0. The summed E-state index contributed by atoms with van der Waals surface area (Å²) in [5, 5.41) is 16.1. The number of hydrogen-bond donors (Lipinski definition) is 2. The van der Waals surface area contributed by atoms with Crippen LogP contribution < -0.4 is 14.8 Å². The number of benzene rings is 2. The molecular formula is C28H38N2O6. The molecule has 8 nitrogen and oxygen atoms in total. The molecule has 2 N–H and O–H groups in total. The zero-order chi connectivity index (χ0) is 25.5. The summed E-state index contributed by atoms with van der Waals surface area (Å²) < 4.78 is 16.4. The number of hydroxylamine groups is 2. The number of hydrogen-bond acceptors (Lipinski definition) is 7. The molecule has 0 saturated heterocycles. The molecule has 1 amide bonds. The molecule has 2 unspecified atom stereocenters. The van der Waals surface area contributed by atoms with Crippen molar-refractivity contribution in [1.82, 2.24) is 10.4 Å². The molecule has 0 bridgehead atoms. The molecule has 8 heteroatoms. The van der Waals surface area contributed by atoms with Crippen molar-refractivity contribution in [3.05, 3.63) is 59.7 Å². The zero-order valence-corrected chi connectivity index (χ0v) is 21.4. The number of nitrogens with zero attached hydrogens (tertiary/aromatic N) is 1. The number of rotatable bonds is 10. The first-order valence-corrected chi connectivity index (χ1v) is 12.8. The third-order valence-electron chi connectivity index (χ3n) is 6.25. The van der Waals surface area contributed by atoms with Gasteiger partial charge in [-0.25, -0.2) is 4.79 Å². The second kappa shape index (κ2) is 12.0. The third kappa shape index (κ3) is 7.85. The van der Waals surface area contributed by atoms with E-state index in [0.717, 1.165) is 42.6 Å². The molecule has 2 aromatic rings. The van der Waals surface area contributed by atoms with Gasteiger partial charge in [0.15, 0.2) is 11.5 Å². The van der Waals surface area contributed by atoms with Crippen LogP contribution in [0.4, 0.5) is 4.79 Å². The van der Waals surface area contributed by atoms with Crippen LogP contribution in [0, 0.1) is 0 Å². The number of carbonyl (C=O) groups is 1. The van der Waals surface area contributed by atoms with Gasteiger partial charge < -0.3 is 24.6 Å². The number of amides is 1. The first kappa shape index (κ1) is 26.3. The number of ether oxygens (including phenoxy) is 3. The van der Waals surface area contributed by atoms with E-state index in [1.807, 2.05) is 74.4 Å². The van der Waals surface area contributed by atoms with E-state index in [0.29, 0.717) is 18.7 Å². The molecule has 2 aliphatic rings. The lowest BCUT2D eigenvalue weighted by atomic mass is 10.0. The van der Waals surface area contributed by atoms with E-state index in [1.54, 1.807) is 0 Å². The number of aliphatic hydroxyl groups excluding tert-OH is 1. The summed E-state index contributed by atoms with van der Waals surface area (Å²) in [7, 11) is 0. The number of aliphatic hydroxyl groups is 1. The quantitative estimate of drug-likeness (QED) is 0.463. The molecule has 1 aliphatic carbocycles. The Morgan fingerprint density at radius 3 is 2.53 bits per heavy atom. The Morgan fingerprint density at radius 2 is 1.81 bits per heavy atom. The Labute approximate surface area is 213 Å². The Morgan fingerprint density at radius 1 is 1.08 bits per heavy atom. The maximum absolute atomic E-state index is 12.6. The Bertz CT molecular complexity index is 987. The first-order valence-electron chi connectivity index (χ1n) is 12.8. The van der Waals surface area contributed by atoms with E-state index in [1.165, 1.54) is 0 Å². The fraction of sp³-hybridized carbons (Fsp3) is 0.536. The van der Waals surface area contributed by atoms with Crippen molar-refractivity contribution in [1.29, 1.82) is 0 Å². The van der Waals surface area contributed by atoms with E-state index >= 15 is 0 Å². The van der Waals surface area contributed by atoms with Crippen molar-refractivity contribution in [2.45, 2.75) is 83.3 Å². The molecule has 2 atom stereocenters. The van der Waals surface area contributed by atoms with Crippen molar-refractivity contribution in [2.75, 3.05) is 13.3 Å². The van der Waals surface area contributed by atoms with E-state index in [2.05, 4.69) is 5.32 Å². The van der Waals surface area contributed by atoms with Gasteiger partial charge in [-0.05, 0) is 63.3 Å². The lowest BCUT2D eigenvalue weighted by Gasteiger charge is -2.32. The smallest absolute Gasteiger partial charge is 0.407 e. The van der Waals surface area contributed by atoms with E-state index in [-0.39, 0.29) is 19.4 Å². The number of alkyl carbamates (subject to hydrolysis) is 1. The highest BCUT2D eigenvalue weighted by molar-refractivity contribution is 5.68. The van der Waals surface area contributed by atoms with E-state index in [4.69, 9.17) is 19.0 Å². The summed E-state index contributed by atoms with van der Waals surface area (Å²) in [6.07, 6.45) is 3.41. The molecule has 0 radical (unpaired) electrons. The van der Waals surface area contributed by atoms with Crippen molar-refractivity contribution in [3.8, 4) is 11.5 Å². The van der Waals surface area contributed by atoms with Gasteiger partial charge >= 0.3 is 6.09 Å². The second-order valence-electron chi connectivity index (χ2n) is 10.5. The Hall–Kier alpha value is -2.81. The average Bonchev–Trinajstić information content (AvgIpc) is 3.49. The van der Waals surface area contributed by atoms with Gasteiger partial charge in [-0.15, -0.1) is 0 Å². The van der Waals surface area contributed by atoms with Gasteiger partial charge in [-0.2, -0.15) is 5.06 Å². The monoisotopic (exact) mass is 498 g/mol. The fourth-order valence-corrected chi connectivity index (χ4v) is 4.54. The summed E-state index contributed by atoms with van der Waals surface area (Å²) in [5.74, 6) is 1.44. The molecule has 0 spiro atoms. The van der Waals surface area contributed by atoms with Crippen molar-refractivity contribution in [2.24, 2.45) is 0 Å². The zero-order valence-electron chi connectivity index (χ0n) is 21.4. The van der Waals surface area contributed by atoms with Crippen LogP contribution in [0.25, 0.3) is 0 Å². The first-order chi connectivity index (χ1) is 17.2. The van der Waals surface area contributed by atoms with Crippen LogP contribution in [0.2, 0.25) is 0 Å². The number of fused-ring (bicyclic) bond motifs is 1. The Balaban J connectivity index is 1.48. The molecule has 196 valence electrons. The molecule has 2 aromatic carbocycles. The summed E-state index contributed by atoms with van der Waals surface area (Å²) in [5.41, 5.74) is 1.37. The summed E-state index contributed by atoms with van der Waals surface area (Å²) in [6, 6.07) is 15.1. The molecule has 36 heavy (non-hydrogen) atoms. The maximum Gasteiger partial charge on any atom is 0.407 e. The molecule has 1 fully saturated rings. The Kier molecular flexibility index (Phi) is 8.72. The summed E-state index contributed by atoms with van der Waals surface area (Å²) >= 11 is 0. The van der Waals surface area contributed by atoms with Crippen LogP contribution in [-0.2, 0) is 22.5 Å². The standard InChI is InChI=1S/C28H38N2O6/c1-28(2,3)35-27(32)29-23(15-20-9-5-4-6-10-20)24(31)18-30(36-22-11-7-8-12-22)17-21-13-14-25-26(16-21)34-19-33-25/h4-6,9-10,13-14,16,22-24,31H,7-8,11-12,15,17-19H2,1-3H3,(H,29,32). The lowest BCUT2D eigenvalue weighted by molar-refractivity contribution is -0.214. The molecule has 4 rings (SSSR count). The number of nitrogens with one attached hydrogen (secondary N) is 1. The van der Waals surface area contributed by atoms with Crippen LogP contribution >= 0.6 is 0 Å². The summed E-state index contributed by atoms with van der Waals surface area (Å²) in [6.45, 7) is 6.36. The van der Waals surface area contributed by atoms with E-state index in [9.17, 15) is 9.90 Å². The van der Waals surface area contributed by atoms with Gasteiger partial charge in [0.1, 0.15) is 5.60 Å². The highest BCUT2D eigenvalue weighted by Gasteiger charge is 2.29.